The van der Waals surface area contributed by atoms with Gasteiger partial charge in [0.15, 0.2) is 11.7 Å². The fraction of sp³-hybridized carbons (Fsp3) is 0.478. The number of rotatable bonds is 8. The number of amides is 1. The van der Waals surface area contributed by atoms with Crippen LogP contribution in [-0.2, 0) is 6.54 Å². The van der Waals surface area contributed by atoms with E-state index in [-0.39, 0.29) is 11.5 Å². The monoisotopic (exact) mass is 414 g/mol. The average Bonchev–Trinajstić information content (AvgIpc) is 3.09. The van der Waals surface area contributed by atoms with Gasteiger partial charge in [0.1, 0.15) is 11.4 Å². The minimum atomic E-state index is -0.263. The fourth-order valence-corrected chi connectivity index (χ4v) is 2.81. The van der Waals surface area contributed by atoms with Crippen molar-refractivity contribution >= 4 is 11.9 Å². The molecule has 3 N–H and O–H groups in total. The highest BCUT2D eigenvalue weighted by Crippen LogP contribution is 2.24. The number of benzene rings is 1. The number of nitrogens with one attached hydrogen (secondary N) is 3. The van der Waals surface area contributed by atoms with Crippen LogP contribution in [0.2, 0.25) is 0 Å². The van der Waals surface area contributed by atoms with Crippen molar-refractivity contribution in [2.45, 2.75) is 53.2 Å². The van der Waals surface area contributed by atoms with E-state index >= 15 is 0 Å². The highest BCUT2D eigenvalue weighted by Gasteiger charge is 2.15. The largest absolute Gasteiger partial charge is 0.488 e. The van der Waals surface area contributed by atoms with Crippen molar-refractivity contribution in [3.8, 4) is 5.75 Å². The molecule has 1 aromatic carbocycles. The van der Waals surface area contributed by atoms with Crippen molar-refractivity contribution in [2.24, 2.45) is 4.99 Å². The van der Waals surface area contributed by atoms with Gasteiger partial charge in [0.25, 0.3) is 5.91 Å². The summed E-state index contributed by atoms with van der Waals surface area (Å²) in [7, 11) is 1.73. The molecule has 0 unspecified atom stereocenters. The first-order chi connectivity index (χ1) is 14.2. The summed E-state index contributed by atoms with van der Waals surface area (Å²) in [6.07, 6.45) is 2.28. The SMILES string of the molecule is CN=C(NCCCNC(=O)c1occc1C)NCc1ccc(C)cc1OC(C)(C)C. The Hall–Kier alpha value is -2.96. The Morgan fingerprint density at radius 2 is 1.83 bits per heavy atom. The summed E-state index contributed by atoms with van der Waals surface area (Å²) in [6, 6.07) is 7.98. The number of hydrogen-bond acceptors (Lipinski definition) is 4. The van der Waals surface area contributed by atoms with Crippen LogP contribution < -0.4 is 20.7 Å². The number of furan rings is 1. The Labute approximate surface area is 179 Å². The molecule has 0 atom stereocenters. The van der Waals surface area contributed by atoms with Gasteiger partial charge < -0.3 is 25.1 Å². The van der Waals surface area contributed by atoms with Gasteiger partial charge in [0.2, 0.25) is 0 Å². The van der Waals surface area contributed by atoms with Crippen LogP contribution in [-0.4, -0.2) is 37.6 Å². The molecule has 0 saturated heterocycles. The highest BCUT2D eigenvalue weighted by molar-refractivity contribution is 5.92. The van der Waals surface area contributed by atoms with Gasteiger partial charge in [0.05, 0.1) is 6.26 Å². The van der Waals surface area contributed by atoms with Crippen LogP contribution in [0.4, 0.5) is 0 Å². The lowest BCUT2D eigenvalue weighted by molar-refractivity contribution is 0.0924. The molecular weight excluding hydrogens is 380 g/mol. The molecule has 0 aliphatic rings. The zero-order chi connectivity index (χ0) is 22.1. The third-order valence-corrected chi connectivity index (χ3v) is 4.31. The van der Waals surface area contributed by atoms with Gasteiger partial charge in [-0.15, -0.1) is 0 Å². The van der Waals surface area contributed by atoms with Crippen molar-refractivity contribution in [3.63, 3.8) is 0 Å². The van der Waals surface area contributed by atoms with Gasteiger partial charge >= 0.3 is 0 Å². The molecule has 7 heteroatoms. The van der Waals surface area contributed by atoms with E-state index in [1.165, 1.54) is 6.26 Å². The van der Waals surface area contributed by atoms with Crippen LogP contribution in [0.1, 0.15) is 54.4 Å². The maximum Gasteiger partial charge on any atom is 0.287 e. The van der Waals surface area contributed by atoms with Crippen LogP contribution in [0.25, 0.3) is 0 Å². The van der Waals surface area contributed by atoms with Crippen molar-refractivity contribution in [3.05, 3.63) is 53.0 Å². The van der Waals surface area contributed by atoms with Crippen molar-refractivity contribution < 1.29 is 13.9 Å². The number of guanidine groups is 1. The molecule has 0 saturated carbocycles. The quantitative estimate of drug-likeness (QED) is 0.349. The first kappa shape index (κ1) is 23.3. The molecule has 164 valence electrons. The average molecular weight is 415 g/mol. The Bertz CT molecular complexity index is 866. The summed E-state index contributed by atoms with van der Waals surface area (Å²) in [4.78, 5) is 16.3. The first-order valence-corrected chi connectivity index (χ1v) is 10.2. The standard InChI is InChI=1S/C23H34N4O3/c1-16-8-9-18(19(14-16)30-23(3,4)5)15-27-22(24-6)26-12-7-11-25-21(28)20-17(2)10-13-29-20/h8-10,13-14H,7,11-12,15H2,1-6H3,(H,25,28)(H2,24,26,27). The van der Waals surface area contributed by atoms with Crippen LogP contribution in [0.5, 0.6) is 5.75 Å². The Kier molecular flexibility index (Phi) is 8.33. The summed E-state index contributed by atoms with van der Waals surface area (Å²) in [5.74, 6) is 1.75. The van der Waals surface area contributed by atoms with E-state index in [1.807, 2.05) is 27.7 Å². The molecule has 2 rings (SSSR count). The molecular formula is C23H34N4O3. The van der Waals surface area contributed by atoms with Crippen molar-refractivity contribution in [2.75, 3.05) is 20.1 Å². The molecule has 1 aromatic heterocycles. The number of nitrogens with zero attached hydrogens (tertiary/aromatic N) is 1. The van der Waals surface area contributed by atoms with Crippen LogP contribution in [0.3, 0.4) is 0 Å². The number of carbonyl (C=O) groups excluding carboxylic acids is 1. The minimum Gasteiger partial charge on any atom is -0.488 e. The normalized spacial score (nSPS) is 11.9. The summed E-state index contributed by atoms with van der Waals surface area (Å²) in [6.45, 7) is 11.8. The van der Waals surface area contributed by atoms with E-state index in [1.54, 1.807) is 13.1 Å². The Morgan fingerprint density at radius 1 is 1.10 bits per heavy atom. The third kappa shape index (κ3) is 7.46. The van der Waals surface area contributed by atoms with E-state index in [0.717, 1.165) is 28.9 Å². The number of carbonyl (C=O) groups is 1. The van der Waals surface area contributed by atoms with E-state index in [2.05, 4.69) is 46.1 Å². The van der Waals surface area contributed by atoms with Crippen LogP contribution >= 0.6 is 0 Å². The van der Waals surface area contributed by atoms with E-state index in [9.17, 15) is 4.79 Å². The molecule has 1 amide bonds. The van der Waals surface area contributed by atoms with Gasteiger partial charge in [-0.2, -0.15) is 0 Å². The highest BCUT2D eigenvalue weighted by atomic mass is 16.5. The second-order valence-corrected chi connectivity index (χ2v) is 8.22. The van der Waals surface area contributed by atoms with E-state index in [0.29, 0.717) is 31.4 Å². The number of hydrogen-bond donors (Lipinski definition) is 3. The van der Waals surface area contributed by atoms with Crippen LogP contribution in [0.15, 0.2) is 39.9 Å². The maximum absolute atomic E-state index is 12.0. The molecule has 2 aromatic rings. The van der Waals surface area contributed by atoms with Gasteiger partial charge in [-0.05, 0) is 58.7 Å². The van der Waals surface area contributed by atoms with Gasteiger partial charge in [-0.25, -0.2) is 0 Å². The summed E-state index contributed by atoms with van der Waals surface area (Å²) in [5.41, 5.74) is 2.80. The molecule has 0 aliphatic carbocycles. The molecule has 1 heterocycles. The molecule has 0 spiro atoms. The molecule has 30 heavy (non-hydrogen) atoms. The topological polar surface area (TPSA) is 87.9 Å². The fourth-order valence-electron chi connectivity index (χ4n) is 2.81. The second-order valence-electron chi connectivity index (χ2n) is 8.22. The van der Waals surface area contributed by atoms with E-state index < -0.39 is 0 Å². The lowest BCUT2D eigenvalue weighted by Gasteiger charge is -2.24. The summed E-state index contributed by atoms with van der Waals surface area (Å²) >= 11 is 0. The predicted molar refractivity (Wildman–Crippen MR) is 120 cm³/mol. The molecule has 0 fully saturated rings. The minimum absolute atomic E-state index is 0.189. The molecule has 0 bridgehead atoms. The molecule has 0 radical (unpaired) electrons. The van der Waals surface area contributed by atoms with Crippen molar-refractivity contribution in [1.82, 2.24) is 16.0 Å². The third-order valence-electron chi connectivity index (χ3n) is 4.31. The zero-order valence-electron chi connectivity index (χ0n) is 18.9. The Balaban J connectivity index is 1.77. The van der Waals surface area contributed by atoms with Gasteiger partial charge in [-0.3, -0.25) is 9.79 Å². The Morgan fingerprint density at radius 3 is 2.47 bits per heavy atom. The number of ether oxygens (including phenoxy) is 1. The number of aryl methyl sites for hydroxylation is 2. The van der Waals surface area contributed by atoms with Gasteiger partial charge in [-0.1, -0.05) is 12.1 Å². The van der Waals surface area contributed by atoms with E-state index in [4.69, 9.17) is 9.15 Å². The smallest absolute Gasteiger partial charge is 0.287 e. The number of aliphatic imine (C=N–C) groups is 1. The van der Waals surface area contributed by atoms with Crippen molar-refractivity contribution in [1.29, 1.82) is 0 Å². The maximum atomic E-state index is 12.0. The molecule has 7 nitrogen and oxygen atoms in total. The lowest BCUT2D eigenvalue weighted by atomic mass is 10.1. The van der Waals surface area contributed by atoms with Crippen LogP contribution in [0, 0.1) is 13.8 Å². The van der Waals surface area contributed by atoms with Gasteiger partial charge in [0, 0.05) is 37.8 Å². The summed E-state index contributed by atoms with van der Waals surface area (Å²) < 4.78 is 11.3. The zero-order valence-corrected chi connectivity index (χ0v) is 18.9. The molecule has 0 aliphatic heterocycles. The first-order valence-electron chi connectivity index (χ1n) is 10.2. The predicted octanol–water partition coefficient (Wildman–Crippen LogP) is 3.56. The second kappa shape index (κ2) is 10.7. The summed E-state index contributed by atoms with van der Waals surface area (Å²) in [5, 5.41) is 9.44. The lowest BCUT2D eigenvalue weighted by Crippen LogP contribution is -2.38.